The molecule has 1 heterocycles. The Morgan fingerprint density at radius 2 is 2.00 bits per heavy atom. The molecule has 2 amide bonds. The van der Waals surface area contributed by atoms with Crippen molar-refractivity contribution in [3.63, 3.8) is 0 Å². The maximum Gasteiger partial charge on any atom is 0.224 e. The molecule has 5 nitrogen and oxygen atoms in total. The van der Waals surface area contributed by atoms with Crippen LogP contribution in [0.15, 0.2) is 30.5 Å². The minimum Gasteiger partial charge on any atom is -0.356 e. The SMILES string of the molecule is CC(=O)NCCCC(=O)Nc1ccc(-c2ncc(Cl)s2)cc1. The van der Waals surface area contributed by atoms with E-state index in [0.717, 1.165) is 16.3 Å². The third-order valence-electron chi connectivity index (χ3n) is 2.85. The zero-order valence-electron chi connectivity index (χ0n) is 12.1. The molecule has 0 spiro atoms. The van der Waals surface area contributed by atoms with E-state index in [-0.39, 0.29) is 11.8 Å². The maximum atomic E-state index is 11.8. The number of nitrogens with zero attached hydrogens (tertiary/aromatic N) is 1. The largest absolute Gasteiger partial charge is 0.356 e. The van der Waals surface area contributed by atoms with Crippen LogP contribution in [0.4, 0.5) is 5.69 Å². The number of amides is 2. The summed E-state index contributed by atoms with van der Waals surface area (Å²) in [6.45, 7) is 1.96. The minimum absolute atomic E-state index is 0.0737. The summed E-state index contributed by atoms with van der Waals surface area (Å²) >= 11 is 7.27. The van der Waals surface area contributed by atoms with Crippen molar-refractivity contribution < 1.29 is 9.59 Å². The maximum absolute atomic E-state index is 11.8. The molecular formula is C15H16ClN3O2S. The average molecular weight is 338 g/mol. The summed E-state index contributed by atoms with van der Waals surface area (Å²) in [4.78, 5) is 26.7. The van der Waals surface area contributed by atoms with Crippen LogP contribution in [0.1, 0.15) is 19.8 Å². The molecule has 0 aliphatic carbocycles. The van der Waals surface area contributed by atoms with Gasteiger partial charge in [-0.1, -0.05) is 11.6 Å². The highest BCUT2D eigenvalue weighted by Gasteiger charge is 2.05. The molecule has 0 saturated heterocycles. The number of aromatic nitrogens is 1. The fourth-order valence-electron chi connectivity index (χ4n) is 1.82. The van der Waals surface area contributed by atoms with E-state index >= 15 is 0 Å². The topological polar surface area (TPSA) is 71.1 Å². The molecule has 2 N–H and O–H groups in total. The molecule has 1 aromatic heterocycles. The third kappa shape index (κ3) is 5.13. The van der Waals surface area contributed by atoms with E-state index in [0.29, 0.717) is 23.7 Å². The van der Waals surface area contributed by atoms with Crippen LogP contribution in [-0.2, 0) is 9.59 Å². The Labute approximate surface area is 137 Å². The van der Waals surface area contributed by atoms with Crippen LogP contribution in [0.2, 0.25) is 4.34 Å². The van der Waals surface area contributed by atoms with Gasteiger partial charge in [0.1, 0.15) is 9.34 Å². The zero-order valence-corrected chi connectivity index (χ0v) is 13.6. The Bertz CT molecular complexity index is 655. The molecule has 0 atom stereocenters. The molecular weight excluding hydrogens is 322 g/mol. The summed E-state index contributed by atoms with van der Waals surface area (Å²) in [6.07, 6.45) is 2.59. The molecule has 1 aromatic carbocycles. The van der Waals surface area contributed by atoms with E-state index in [2.05, 4.69) is 15.6 Å². The third-order valence-corrected chi connectivity index (χ3v) is 4.01. The Morgan fingerprint density at radius 1 is 1.27 bits per heavy atom. The Morgan fingerprint density at radius 3 is 2.59 bits per heavy atom. The van der Waals surface area contributed by atoms with Crippen molar-refractivity contribution in [3.05, 3.63) is 34.8 Å². The van der Waals surface area contributed by atoms with Crippen molar-refractivity contribution in [2.75, 3.05) is 11.9 Å². The van der Waals surface area contributed by atoms with E-state index in [4.69, 9.17) is 11.6 Å². The molecule has 0 aliphatic rings. The van der Waals surface area contributed by atoms with Gasteiger partial charge in [-0.15, -0.1) is 11.3 Å². The Balaban J connectivity index is 1.83. The van der Waals surface area contributed by atoms with Crippen molar-refractivity contribution in [2.45, 2.75) is 19.8 Å². The van der Waals surface area contributed by atoms with Gasteiger partial charge in [-0.2, -0.15) is 0 Å². The molecule has 0 unspecified atom stereocenters. The summed E-state index contributed by atoms with van der Waals surface area (Å²) in [5.41, 5.74) is 1.69. The van der Waals surface area contributed by atoms with E-state index in [1.807, 2.05) is 24.3 Å². The number of carbonyl (C=O) groups is 2. The number of hydrogen-bond acceptors (Lipinski definition) is 4. The van der Waals surface area contributed by atoms with Gasteiger partial charge in [0.2, 0.25) is 11.8 Å². The van der Waals surface area contributed by atoms with Crippen LogP contribution in [0.25, 0.3) is 10.6 Å². The molecule has 2 rings (SSSR count). The number of anilines is 1. The highest BCUT2D eigenvalue weighted by Crippen LogP contribution is 2.28. The monoisotopic (exact) mass is 337 g/mol. The molecule has 0 fully saturated rings. The van der Waals surface area contributed by atoms with Gasteiger partial charge in [0.25, 0.3) is 0 Å². The number of nitrogens with one attached hydrogen (secondary N) is 2. The van der Waals surface area contributed by atoms with E-state index in [1.165, 1.54) is 18.3 Å². The van der Waals surface area contributed by atoms with Gasteiger partial charge in [-0.3, -0.25) is 9.59 Å². The molecule has 2 aromatic rings. The van der Waals surface area contributed by atoms with Crippen LogP contribution in [-0.4, -0.2) is 23.3 Å². The highest BCUT2D eigenvalue weighted by molar-refractivity contribution is 7.18. The van der Waals surface area contributed by atoms with Gasteiger partial charge in [0.05, 0.1) is 6.20 Å². The summed E-state index contributed by atoms with van der Waals surface area (Å²) in [6, 6.07) is 7.44. The van der Waals surface area contributed by atoms with Gasteiger partial charge in [0, 0.05) is 31.1 Å². The number of benzene rings is 1. The number of hydrogen-bond donors (Lipinski definition) is 2. The quantitative estimate of drug-likeness (QED) is 0.794. The lowest BCUT2D eigenvalue weighted by molar-refractivity contribution is -0.119. The van der Waals surface area contributed by atoms with Gasteiger partial charge >= 0.3 is 0 Å². The number of rotatable bonds is 6. The average Bonchev–Trinajstić information content (AvgIpc) is 2.91. The minimum atomic E-state index is -0.0849. The standard InChI is InChI=1S/C15H16ClN3O2S/c1-10(20)17-8-2-3-14(21)19-12-6-4-11(5-7-12)15-18-9-13(16)22-15/h4-7,9H,2-3,8H2,1H3,(H,17,20)(H,19,21). The van der Waals surface area contributed by atoms with Crippen molar-refractivity contribution in [2.24, 2.45) is 0 Å². The summed E-state index contributed by atoms with van der Waals surface area (Å²) in [5, 5.41) is 6.32. The first-order valence-corrected chi connectivity index (χ1v) is 8.00. The predicted octanol–water partition coefficient (Wildman–Crippen LogP) is 3.32. The first-order valence-electron chi connectivity index (χ1n) is 6.80. The van der Waals surface area contributed by atoms with Crippen molar-refractivity contribution in [1.29, 1.82) is 0 Å². The van der Waals surface area contributed by atoms with E-state index in [9.17, 15) is 9.59 Å². The molecule has 7 heteroatoms. The number of halogens is 1. The second-order valence-corrected chi connectivity index (χ2v) is 6.34. The first-order chi connectivity index (χ1) is 10.5. The van der Waals surface area contributed by atoms with Crippen LogP contribution in [0, 0.1) is 0 Å². The van der Waals surface area contributed by atoms with Crippen LogP contribution >= 0.6 is 22.9 Å². The second-order valence-electron chi connectivity index (χ2n) is 4.68. The molecule has 0 radical (unpaired) electrons. The van der Waals surface area contributed by atoms with E-state index < -0.39 is 0 Å². The normalized spacial score (nSPS) is 10.3. The molecule has 0 saturated carbocycles. The lowest BCUT2D eigenvalue weighted by Crippen LogP contribution is -2.22. The molecule has 0 bridgehead atoms. The van der Waals surface area contributed by atoms with Gasteiger partial charge in [0.15, 0.2) is 0 Å². The molecule has 0 aliphatic heterocycles. The Hall–Kier alpha value is -1.92. The summed E-state index contributed by atoms with van der Waals surface area (Å²) < 4.78 is 0.645. The smallest absolute Gasteiger partial charge is 0.224 e. The first kappa shape index (κ1) is 16.5. The summed E-state index contributed by atoms with van der Waals surface area (Å²) in [7, 11) is 0. The van der Waals surface area contributed by atoms with Crippen LogP contribution in [0.5, 0.6) is 0 Å². The summed E-state index contributed by atoms with van der Waals surface area (Å²) in [5.74, 6) is -0.159. The van der Waals surface area contributed by atoms with Crippen molar-refractivity contribution in [1.82, 2.24) is 10.3 Å². The molecule has 22 heavy (non-hydrogen) atoms. The van der Waals surface area contributed by atoms with Gasteiger partial charge in [-0.05, 0) is 30.7 Å². The van der Waals surface area contributed by atoms with Gasteiger partial charge in [-0.25, -0.2) is 4.98 Å². The van der Waals surface area contributed by atoms with Crippen LogP contribution in [0.3, 0.4) is 0 Å². The van der Waals surface area contributed by atoms with Crippen molar-refractivity contribution in [3.8, 4) is 10.6 Å². The zero-order chi connectivity index (χ0) is 15.9. The van der Waals surface area contributed by atoms with Crippen LogP contribution < -0.4 is 10.6 Å². The van der Waals surface area contributed by atoms with Crippen molar-refractivity contribution >= 4 is 40.4 Å². The van der Waals surface area contributed by atoms with Gasteiger partial charge < -0.3 is 10.6 Å². The number of carbonyl (C=O) groups excluding carboxylic acids is 2. The lowest BCUT2D eigenvalue weighted by Gasteiger charge is -2.06. The lowest BCUT2D eigenvalue weighted by atomic mass is 10.2. The fourth-order valence-corrected chi connectivity index (χ4v) is 2.74. The second kappa shape index (κ2) is 7.91. The number of thiazole rings is 1. The predicted molar refractivity (Wildman–Crippen MR) is 89.1 cm³/mol. The van der Waals surface area contributed by atoms with E-state index in [1.54, 1.807) is 6.20 Å². The Kier molecular flexibility index (Phi) is 5.91. The highest BCUT2D eigenvalue weighted by atomic mass is 35.5. The fraction of sp³-hybridized carbons (Fsp3) is 0.267. The molecule has 116 valence electrons.